The number of nitrogens with one attached hydrogen (secondary N) is 1. The number of aliphatic hydroxyl groups is 1. The Morgan fingerprint density at radius 1 is 1.17 bits per heavy atom. The number of rotatable bonds is 10. The van der Waals surface area contributed by atoms with Crippen LogP contribution in [0.3, 0.4) is 0 Å². The summed E-state index contributed by atoms with van der Waals surface area (Å²) in [5.41, 5.74) is 0. The van der Waals surface area contributed by atoms with Crippen molar-refractivity contribution in [1.29, 1.82) is 0 Å². The molecule has 18 heavy (non-hydrogen) atoms. The van der Waals surface area contributed by atoms with Gasteiger partial charge in [-0.15, -0.1) is 0 Å². The van der Waals surface area contributed by atoms with Crippen molar-refractivity contribution in [3.8, 4) is 0 Å². The minimum atomic E-state index is -4.33. The van der Waals surface area contributed by atoms with Gasteiger partial charge in [0, 0.05) is 19.6 Å². The molecule has 9 heteroatoms. The van der Waals surface area contributed by atoms with E-state index in [0.29, 0.717) is 6.42 Å². The molecule has 0 saturated heterocycles. The number of ether oxygens (including phenoxy) is 1. The smallest absolute Gasteiger partial charge is 0.389 e. The van der Waals surface area contributed by atoms with Crippen molar-refractivity contribution in [3.63, 3.8) is 0 Å². The monoisotopic (exact) mass is 293 g/mol. The molecule has 0 spiro atoms. The summed E-state index contributed by atoms with van der Waals surface area (Å²) >= 11 is 0. The molecule has 0 rings (SSSR count). The van der Waals surface area contributed by atoms with E-state index in [9.17, 15) is 21.6 Å². The maximum Gasteiger partial charge on any atom is 0.389 e. The van der Waals surface area contributed by atoms with Crippen LogP contribution in [0, 0.1) is 0 Å². The Bertz CT molecular complexity index is 305. The molecule has 5 nitrogen and oxygen atoms in total. The Hall–Kier alpha value is -0.380. The molecule has 0 unspecified atom stereocenters. The van der Waals surface area contributed by atoms with Crippen molar-refractivity contribution in [2.75, 3.05) is 32.1 Å². The van der Waals surface area contributed by atoms with Crippen LogP contribution in [0.5, 0.6) is 0 Å². The molecule has 110 valence electrons. The quantitative estimate of drug-likeness (QED) is 0.580. The maximum absolute atomic E-state index is 11.8. The fourth-order valence-corrected chi connectivity index (χ4v) is 2.23. The zero-order chi connectivity index (χ0) is 14.1. The van der Waals surface area contributed by atoms with E-state index in [1.165, 1.54) is 0 Å². The lowest BCUT2D eigenvalue weighted by atomic mass is 10.3. The molecular formula is C9H18F3NO4S. The highest BCUT2D eigenvalue weighted by molar-refractivity contribution is 7.89. The molecule has 2 N–H and O–H groups in total. The summed E-state index contributed by atoms with van der Waals surface area (Å²) in [6, 6.07) is 0. The first-order chi connectivity index (χ1) is 8.27. The van der Waals surface area contributed by atoms with Gasteiger partial charge >= 0.3 is 6.18 Å². The van der Waals surface area contributed by atoms with Crippen LogP contribution in [-0.4, -0.2) is 51.8 Å². The summed E-state index contributed by atoms with van der Waals surface area (Å²) in [5.74, 6) is -0.538. The summed E-state index contributed by atoms with van der Waals surface area (Å²) in [4.78, 5) is 0. The summed E-state index contributed by atoms with van der Waals surface area (Å²) in [6.45, 7) is 0.465. The fraction of sp³-hybridized carbons (Fsp3) is 1.00. The normalized spacial score (nSPS) is 12.9. The van der Waals surface area contributed by atoms with E-state index >= 15 is 0 Å². The van der Waals surface area contributed by atoms with Gasteiger partial charge in [0.15, 0.2) is 0 Å². The molecule has 0 heterocycles. The van der Waals surface area contributed by atoms with Gasteiger partial charge in [-0.1, -0.05) is 0 Å². The van der Waals surface area contributed by atoms with Gasteiger partial charge in [-0.25, -0.2) is 13.1 Å². The van der Waals surface area contributed by atoms with E-state index in [2.05, 4.69) is 4.72 Å². The van der Waals surface area contributed by atoms with Crippen LogP contribution in [0.2, 0.25) is 0 Å². The topological polar surface area (TPSA) is 75.6 Å². The third kappa shape index (κ3) is 12.1. The molecule has 0 saturated carbocycles. The Morgan fingerprint density at radius 2 is 1.83 bits per heavy atom. The highest BCUT2D eigenvalue weighted by Crippen LogP contribution is 2.21. The highest BCUT2D eigenvalue weighted by atomic mass is 32.2. The molecule has 0 aromatic carbocycles. The van der Waals surface area contributed by atoms with Crippen molar-refractivity contribution in [3.05, 3.63) is 0 Å². The van der Waals surface area contributed by atoms with E-state index in [0.717, 1.165) is 0 Å². The Morgan fingerprint density at radius 3 is 2.39 bits per heavy atom. The highest BCUT2D eigenvalue weighted by Gasteiger charge is 2.27. The largest absolute Gasteiger partial charge is 0.394 e. The molecular weight excluding hydrogens is 275 g/mol. The Labute approximate surface area is 104 Å². The average Bonchev–Trinajstić information content (AvgIpc) is 2.21. The van der Waals surface area contributed by atoms with Crippen LogP contribution in [0.4, 0.5) is 13.2 Å². The van der Waals surface area contributed by atoms with Crippen LogP contribution in [0.25, 0.3) is 0 Å². The van der Waals surface area contributed by atoms with Gasteiger partial charge in [-0.2, -0.15) is 13.2 Å². The lowest BCUT2D eigenvalue weighted by Crippen LogP contribution is -2.28. The Kier molecular flexibility index (Phi) is 8.49. The predicted octanol–water partition coefficient (Wildman–Crippen LogP) is 0.647. The number of sulfonamides is 1. The SMILES string of the molecule is O=S(=O)(CCCC(F)(F)F)NCCCOCCO. The van der Waals surface area contributed by atoms with E-state index < -0.39 is 34.8 Å². The summed E-state index contributed by atoms with van der Waals surface area (Å²) in [5, 5.41) is 8.39. The Balaban J connectivity index is 3.62. The standard InChI is InChI=1S/C9H18F3NO4S/c10-9(11,12)3-1-8-18(15,16)13-4-2-6-17-7-5-14/h13-14H,1-8H2. The fourth-order valence-electron chi connectivity index (χ4n) is 1.10. The van der Waals surface area contributed by atoms with Crippen LogP contribution in [-0.2, 0) is 14.8 Å². The maximum atomic E-state index is 11.8. The van der Waals surface area contributed by atoms with Crippen molar-refractivity contribution >= 4 is 10.0 Å². The second kappa shape index (κ2) is 8.68. The minimum absolute atomic E-state index is 0.108. The van der Waals surface area contributed by atoms with Gasteiger partial charge in [-0.3, -0.25) is 0 Å². The number of alkyl halides is 3. The molecule has 0 amide bonds. The zero-order valence-electron chi connectivity index (χ0n) is 9.87. The van der Waals surface area contributed by atoms with Gasteiger partial charge in [0.1, 0.15) is 0 Å². The van der Waals surface area contributed by atoms with Gasteiger partial charge < -0.3 is 9.84 Å². The van der Waals surface area contributed by atoms with Crippen molar-refractivity contribution < 1.29 is 31.4 Å². The second-order valence-electron chi connectivity index (χ2n) is 3.62. The molecule has 0 aliphatic heterocycles. The zero-order valence-corrected chi connectivity index (χ0v) is 10.7. The second-order valence-corrected chi connectivity index (χ2v) is 5.55. The molecule has 0 bridgehead atoms. The molecule has 0 aliphatic rings. The van der Waals surface area contributed by atoms with Crippen molar-refractivity contribution in [1.82, 2.24) is 4.72 Å². The van der Waals surface area contributed by atoms with E-state index in [1.54, 1.807) is 0 Å². The number of hydrogen-bond acceptors (Lipinski definition) is 4. The molecule has 0 aliphatic carbocycles. The third-order valence-corrected chi connectivity index (χ3v) is 3.37. The third-order valence-electron chi connectivity index (χ3n) is 1.90. The van der Waals surface area contributed by atoms with Crippen LogP contribution >= 0.6 is 0 Å². The van der Waals surface area contributed by atoms with Gasteiger partial charge in [-0.05, 0) is 12.8 Å². The number of halogens is 3. The van der Waals surface area contributed by atoms with Gasteiger partial charge in [0.05, 0.1) is 19.0 Å². The number of hydrogen-bond donors (Lipinski definition) is 2. The van der Waals surface area contributed by atoms with Crippen LogP contribution in [0.15, 0.2) is 0 Å². The van der Waals surface area contributed by atoms with E-state index in [1.807, 2.05) is 0 Å². The van der Waals surface area contributed by atoms with Crippen molar-refractivity contribution in [2.45, 2.75) is 25.4 Å². The molecule has 0 atom stereocenters. The van der Waals surface area contributed by atoms with Crippen molar-refractivity contribution in [2.24, 2.45) is 0 Å². The van der Waals surface area contributed by atoms with Gasteiger partial charge in [0.2, 0.25) is 10.0 Å². The number of aliphatic hydroxyl groups excluding tert-OH is 1. The summed E-state index contributed by atoms with van der Waals surface area (Å²) < 4.78 is 65.0. The predicted molar refractivity (Wildman–Crippen MR) is 59.6 cm³/mol. The molecule has 0 fully saturated rings. The summed E-state index contributed by atoms with van der Waals surface area (Å²) in [7, 11) is -3.65. The summed E-state index contributed by atoms with van der Waals surface area (Å²) in [6.07, 6.45) is -5.47. The first-order valence-electron chi connectivity index (χ1n) is 5.49. The van der Waals surface area contributed by atoms with Gasteiger partial charge in [0.25, 0.3) is 0 Å². The van der Waals surface area contributed by atoms with Crippen LogP contribution < -0.4 is 4.72 Å². The van der Waals surface area contributed by atoms with E-state index in [4.69, 9.17) is 9.84 Å². The average molecular weight is 293 g/mol. The molecule has 0 aromatic heterocycles. The van der Waals surface area contributed by atoms with Crippen LogP contribution in [0.1, 0.15) is 19.3 Å². The lowest BCUT2D eigenvalue weighted by molar-refractivity contribution is -0.134. The molecule has 0 aromatic rings. The lowest BCUT2D eigenvalue weighted by Gasteiger charge is -2.08. The molecule has 0 radical (unpaired) electrons. The minimum Gasteiger partial charge on any atom is -0.394 e. The first-order valence-corrected chi connectivity index (χ1v) is 7.15. The first kappa shape index (κ1) is 17.6. The van der Waals surface area contributed by atoms with E-state index in [-0.39, 0.29) is 26.4 Å².